The molecular formula is C18H25N3O. The topological polar surface area (TPSA) is 26.8 Å². The summed E-state index contributed by atoms with van der Waals surface area (Å²) in [4.78, 5) is 19.2. The van der Waals surface area contributed by atoms with Crippen molar-refractivity contribution in [3.63, 3.8) is 0 Å². The molecule has 1 aromatic rings. The molecule has 4 heterocycles. The molecule has 0 N–H and O–H groups in total. The van der Waals surface area contributed by atoms with Crippen molar-refractivity contribution in [2.75, 3.05) is 43.0 Å². The number of hydrogen-bond acceptors (Lipinski definition) is 3. The lowest BCUT2D eigenvalue weighted by molar-refractivity contribution is -0.118. The Morgan fingerprint density at radius 2 is 1.86 bits per heavy atom. The van der Waals surface area contributed by atoms with Gasteiger partial charge in [-0.25, -0.2) is 0 Å². The van der Waals surface area contributed by atoms with Crippen LogP contribution >= 0.6 is 0 Å². The van der Waals surface area contributed by atoms with Gasteiger partial charge in [0.05, 0.1) is 0 Å². The van der Waals surface area contributed by atoms with Gasteiger partial charge in [0.25, 0.3) is 0 Å². The number of rotatable bonds is 1. The summed E-state index contributed by atoms with van der Waals surface area (Å²) in [6, 6.07) is 7.45. The van der Waals surface area contributed by atoms with Crippen LogP contribution in [-0.2, 0) is 11.2 Å². The molecule has 4 aliphatic rings. The van der Waals surface area contributed by atoms with Gasteiger partial charge in [-0.15, -0.1) is 0 Å². The van der Waals surface area contributed by atoms with E-state index in [0.717, 1.165) is 25.1 Å². The molecule has 0 aliphatic carbocycles. The predicted octanol–water partition coefficient (Wildman–Crippen LogP) is 2.27. The number of piperidine rings is 1. The van der Waals surface area contributed by atoms with Gasteiger partial charge in [-0.1, -0.05) is 6.07 Å². The van der Waals surface area contributed by atoms with Crippen LogP contribution in [0.5, 0.6) is 0 Å². The fourth-order valence-corrected chi connectivity index (χ4v) is 4.21. The first kappa shape index (κ1) is 14.1. The number of carbonyl (C=O) groups is 1. The molecule has 2 bridgehead atoms. The third kappa shape index (κ3) is 2.39. The molecule has 1 amide bonds. The van der Waals surface area contributed by atoms with Crippen molar-refractivity contribution in [3.8, 4) is 0 Å². The zero-order valence-electron chi connectivity index (χ0n) is 13.4. The van der Waals surface area contributed by atoms with Crippen LogP contribution < -0.4 is 9.80 Å². The van der Waals surface area contributed by atoms with E-state index >= 15 is 0 Å². The van der Waals surface area contributed by atoms with Gasteiger partial charge in [-0.2, -0.15) is 0 Å². The summed E-state index contributed by atoms with van der Waals surface area (Å²) < 4.78 is 0. The Kier molecular flexibility index (Phi) is 3.57. The number of hydrogen-bond donors (Lipinski definition) is 0. The second kappa shape index (κ2) is 5.58. The highest BCUT2D eigenvalue weighted by atomic mass is 16.2. The SMILES string of the molecule is CN1C(=O)CCCc2ccc(N3CCN4CCC3CC4)cc21. The third-order valence-electron chi connectivity index (χ3n) is 5.63. The van der Waals surface area contributed by atoms with Crippen molar-refractivity contribution in [2.24, 2.45) is 0 Å². The number of carbonyl (C=O) groups excluding carboxylic acids is 1. The fraction of sp³-hybridized carbons (Fsp3) is 0.611. The smallest absolute Gasteiger partial charge is 0.226 e. The van der Waals surface area contributed by atoms with Crippen molar-refractivity contribution in [3.05, 3.63) is 23.8 Å². The highest BCUT2D eigenvalue weighted by molar-refractivity contribution is 5.95. The minimum absolute atomic E-state index is 0.249. The normalized spacial score (nSPS) is 28.3. The quantitative estimate of drug-likeness (QED) is 0.796. The molecule has 4 nitrogen and oxygen atoms in total. The molecule has 22 heavy (non-hydrogen) atoms. The monoisotopic (exact) mass is 299 g/mol. The number of benzene rings is 1. The Balaban J connectivity index is 1.68. The maximum absolute atomic E-state index is 12.2. The van der Waals surface area contributed by atoms with Gasteiger partial charge >= 0.3 is 0 Å². The van der Waals surface area contributed by atoms with Gasteiger partial charge in [0.2, 0.25) is 5.91 Å². The second-order valence-electron chi connectivity index (χ2n) is 6.89. The van der Waals surface area contributed by atoms with Crippen LogP contribution in [0.1, 0.15) is 31.2 Å². The fourth-order valence-electron chi connectivity index (χ4n) is 4.21. The summed E-state index contributed by atoms with van der Waals surface area (Å²) >= 11 is 0. The van der Waals surface area contributed by atoms with Crippen LogP contribution in [0.15, 0.2) is 18.2 Å². The molecule has 3 saturated heterocycles. The van der Waals surface area contributed by atoms with Gasteiger partial charge in [0.1, 0.15) is 0 Å². The van der Waals surface area contributed by atoms with E-state index in [-0.39, 0.29) is 5.91 Å². The van der Waals surface area contributed by atoms with Crippen LogP contribution in [-0.4, -0.2) is 50.1 Å². The number of aryl methyl sites for hydroxylation is 1. The van der Waals surface area contributed by atoms with Gasteiger partial charge in [0.15, 0.2) is 0 Å². The summed E-state index contributed by atoms with van der Waals surface area (Å²) in [5, 5.41) is 0. The van der Waals surface area contributed by atoms with E-state index in [2.05, 4.69) is 28.0 Å². The summed E-state index contributed by atoms with van der Waals surface area (Å²) in [6.45, 7) is 4.76. The molecule has 0 saturated carbocycles. The first-order valence-corrected chi connectivity index (χ1v) is 8.61. The van der Waals surface area contributed by atoms with Gasteiger partial charge in [-0.05, 0) is 43.4 Å². The van der Waals surface area contributed by atoms with Crippen molar-refractivity contribution < 1.29 is 4.79 Å². The average molecular weight is 299 g/mol. The molecule has 5 rings (SSSR count). The molecule has 4 aliphatic heterocycles. The Morgan fingerprint density at radius 1 is 1.05 bits per heavy atom. The Morgan fingerprint density at radius 3 is 2.68 bits per heavy atom. The van der Waals surface area contributed by atoms with Crippen molar-refractivity contribution in [1.29, 1.82) is 0 Å². The first-order chi connectivity index (χ1) is 10.7. The van der Waals surface area contributed by atoms with Crippen molar-refractivity contribution in [1.82, 2.24) is 4.90 Å². The summed E-state index contributed by atoms with van der Waals surface area (Å²) in [5.41, 5.74) is 3.74. The lowest BCUT2D eigenvalue weighted by Crippen LogP contribution is -2.38. The largest absolute Gasteiger partial charge is 0.367 e. The van der Waals surface area contributed by atoms with Crippen LogP contribution in [0.2, 0.25) is 0 Å². The molecule has 0 aromatic heterocycles. The van der Waals surface area contributed by atoms with E-state index in [4.69, 9.17) is 0 Å². The number of anilines is 2. The van der Waals surface area contributed by atoms with E-state index in [9.17, 15) is 4.79 Å². The molecule has 0 unspecified atom stereocenters. The van der Waals surface area contributed by atoms with Crippen LogP contribution in [0.4, 0.5) is 11.4 Å². The lowest BCUT2D eigenvalue weighted by Gasteiger charge is -2.33. The molecular weight excluding hydrogens is 274 g/mol. The molecule has 118 valence electrons. The second-order valence-corrected chi connectivity index (χ2v) is 6.89. The van der Waals surface area contributed by atoms with Crippen LogP contribution in [0.3, 0.4) is 0 Å². The maximum atomic E-state index is 12.2. The zero-order valence-corrected chi connectivity index (χ0v) is 13.4. The average Bonchev–Trinajstić information content (AvgIpc) is 2.93. The minimum Gasteiger partial charge on any atom is -0.367 e. The third-order valence-corrected chi connectivity index (χ3v) is 5.63. The van der Waals surface area contributed by atoms with Crippen LogP contribution in [0.25, 0.3) is 0 Å². The molecule has 0 spiro atoms. The Labute approximate surface area is 132 Å². The molecule has 0 radical (unpaired) electrons. The van der Waals surface area contributed by atoms with E-state index in [0.29, 0.717) is 12.5 Å². The highest BCUT2D eigenvalue weighted by Gasteiger charge is 2.30. The molecule has 0 atom stereocenters. The number of amides is 1. The predicted molar refractivity (Wildman–Crippen MR) is 89.6 cm³/mol. The van der Waals surface area contributed by atoms with E-state index in [1.807, 2.05) is 11.9 Å². The van der Waals surface area contributed by atoms with Crippen molar-refractivity contribution in [2.45, 2.75) is 38.1 Å². The number of fused-ring (bicyclic) bond motifs is 5. The summed E-state index contributed by atoms with van der Waals surface area (Å²) in [7, 11) is 1.93. The first-order valence-electron chi connectivity index (χ1n) is 8.61. The summed E-state index contributed by atoms with van der Waals surface area (Å²) in [6.07, 6.45) is 5.19. The van der Waals surface area contributed by atoms with E-state index in [1.165, 1.54) is 43.7 Å². The Bertz CT molecular complexity index is 578. The lowest BCUT2D eigenvalue weighted by atomic mass is 10.0. The zero-order chi connectivity index (χ0) is 15.1. The minimum atomic E-state index is 0.249. The van der Waals surface area contributed by atoms with Crippen LogP contribution in [0, 0.1) is 0 Å². The molecule has 4 heteroatoms. The summed E-state index contributed by atoms with van der Waals surface area (Å²) in [5.74, 6) is 0.249. The molecule has 3 fully saturated rings. The van der Waals surface area contributed by atoms with E-state index < -0.39 is 0 Å². The van der Waals surface area contributed by atoms with Gasteiger partial charge in [0, 0.05) is 57.1 Å². The number of nitrogens with zero attached hydrogens (tertiary/aromatic N) is 3. The van der Waals surface area contributed by atoms with Gasteiger partial charge in [-0.3, -0.25) is 4.79 Å². The maximum Gasteiger partial charge on any atom is 0.226 e. The van der Waals surface area contributed by atoms with E-state index in [1.54, 1.807) is 0 Å². The van der Waals surface area contributed by atoms with Gasteiger partial charge < -0.3 is 14.7 Å². The van der Waals surface area contributed by atoms with Crippen molar-refractivity contribution >= 4 is 17.3 Å². The standard InChI is InChI=1S/C18H25N3O/c1-19-17-13-16(6-5-14(17)3-2-4-18(19)22)21-12-11-20-9-7-15(21)8-10-20/h5-6,13,15H,2-4,7-12H2,1H3. The highest BCUT2D eigenvalue weighted by Crippen LogP contribution is 2.33. The Hall–Kier alpha value is -1.55. The molecule has 1 aromatic carbocycles.